The number of hydrogen-bond acceptors (Lipinski definition) is 5. The molecular formula is C20H21ClN4O. The summed E-state index contributed by atoms with van der Waals surface area (Å²) in [5.74, 6) is 1.62. The summed E-state index contributed by atoms with van der Waals surface area (Å²) in [5.41, 5.74) is 8.57. The standard InChI is InChI=1S/C20H21ClN4O/c21-16-8-6-15(7-9-16)20-23-19(26-24-20)10-11-25-12-17(18(22)13-25)14-4-2-1-3-5-14/h1-9,17-18H,10-13,22H2/t17-,18+/m0/s1. The van der Waals surface area contributed by atoms with Crippen LogP contribution in [0.1, 0.15) is 17.4 Å². The van der Waals surface area contributed by atoms with Gasteiger partial charge in [0, 0.05) is 48.6 Å². The van der Waals surface area contributed by atoms with Gasteiger partial charge in [0.25, 0.3) is 0 Å². The van der Waals surface area contributed by atoms with E-state index < -0.39 is 0 Å². The smallest absolute Gasteiger partial charge is 0.228 e. The average Bonchev–Trinajstić information content (AvgIpc) is 3.28. The SMILES string of the molecule is N[C@@H]1CN(CCc2nc(-c3ccc(Cl)cc3)no2)C[C@H]1c1ccccc1. The first-order chi connectivity index (χ1) is 12.7. The molecular weight excluding hydrogens is 348 g/mol. The molecule has 0 spiro atoms. The molecule has 1 saturated heterocycles. The second kappa shape index (κ2) is 7.58. The Bertz CT molecular complexity index is 850. The minimum atomic E-state index is 0.157. The first-order valence-electron chi connectivity index (χ1n) is 8.80. The second-order valence-electron chi connectivity index (χ2n) is 6.71. The molecule has 6 heteroatoms. The maximum absolute atomic E-state index is 6.36. The van der Waals surface area contributed by atoms with Crippen molar-refractivity contribution in [1.82, 2.24) is 15.0 Å². The maximum Gasteiger partial charge on any atom is 0.228 e. The van der Waals surface area contributed by atoms with Crippen LogP contribution in [0.2, 0.25) is 5.02 Å². The van der Waals surface area contributed by atoms with Crippen LogP contribution in [0.15, 0.2) is 59.1 Å². The number of hydrogen-bond donors (Lipinski definition) is 1. The Labute approximate surface area is 157 Å². The summed E-state index contributed by atoms with van der Waals surface area (Å²) >= 11 is 5.91. The lowest BCUT2D eigenvalue weighted by Gasteiger charge is -2.15. The zero-order valence-corrected chi connectivity index (χ0v) is 15.1. The molecule has 1 aliphatic rings. The fraction of sp³-hybridized carbons (Fsp3) is 0.300. The van der Waals surface area contributed by atoms with Crippen molar-refractivity contribution in [1.29, 1.82) is 0 Å². The van der Waals surface area contributed by atoms with E-state index in [2.05, 4.69) is 39.3 Å². The molecule has 5 nitrogen and oxygen atoms in total. The van der Waals surface area contributed by atoms with E-state index in [4.69, 9.17) is 21.9 Å². The first kappa shape index (κ1) is 17.2. The van der Waals surface area contributed by atoms with Crippen LogP contribution in [-0.4, -0.2) is 40.7 Å². The van der Waals surface area contributed by atoms with Gasteiger partial charge in [0.15, 0.2) is 0 Å². The molecule has 2 atom stereocenters. The molecule has 0 aliphatic carbocycles. The number of nitrogens with zero attached hydrogens (tertiary/aromatic N) is 3. The van der Waals surface area contributed by atoms with Crippen molar-refractivity contribution in [3.63, 3.8) is 0 Å². The summed E-state index contributed by atoms with van der Waals surface area (Å²) in [4.78, 5) is 6.86. The largest absolute Gasteiger partial charge is 0.339 e. The molecule has 2 heterocycles. The van der Waals surface area contributed by atoms with Gasteiger partial charge in [-0.3, -0.25) is 0 Å². The highest BCUT2D eigenvalue weighted by atomic mass is 35.5. The van der Waals surface area contributed by atoms with E-state index in [0.717, 1.165) is 31.6 Å². The van der Waals surface area contributed by atoms with Gasteiger partial charge < -0.3 is 15.2 Å². The van der Waals surface area contributed by atoms with E-state index in [-0.39, 0.29) is 6.04 Å². The molecule has 0 bridgehead atoms. The quantitative estimate of drug-likeness (QED) is 0.747. The van der Waals surface area contributed by atoms with Crippen molar-refractivity contribution in [3.05, 3.63) is 71.1 Å². The molecule has 134 valence electrons. The lowest BCUT2D eigenvalue weighted by Crippen LogP contribution is -2.29. The number of halogens is 1. The van der Waals surface area contributed by atoms with E-state index in [1.165, 1.54) is 5.56 Å². The molecule has 0 unspecified atom stereocenters. The molecule has 0 amide bonds. The van der Waals surface area contributed by atoms with Crippen molar-refractivity contribution in [2.24, 2.45) is 5.73 Å². The second-order valence-corrected chi connectivity index (χ2v) is 7.15. The summed E-state index contributed by atoms with van der Waals surface area (Å²) in [6.07, 6.45) is 0.717. The lowest BCUT2D eigenvalue weighted by molar-refractivity contribution is 0.307. The van der Waals surface area contributed by atoms with Gasteiger partial charge >= 0.3 is 0 Å². The van der Waals surface area contributed by atoms with Crippen LogP contribution in [0.3, 0.4) is 0 Å². The number of benzene rings is 2. The van der Waals surface area contributed by atoms with Crippen LogP contribution < -0.4 is 5.73 Å². The van der Waals surface area contributed by atoms with Gasteiger partial charge in [-0.15, -0.1) is 0 Å². The van der Waals surface area contributed by atoms with Crippen LogP contribution in [0.5, 0.6) is 0 Å². The Kier molecular flexibility index (Phi) is 5.02. The monoisotopic (exact) mass is 368 g/mol. The van der Waals surface area contributed by atoms with Gasteiger partial charge in [0.2, 0.25) is 11.7 Å². The van der Waals surface area contributed by atoms with Crippen molar-refractivity contribution in [2.45, 2.75) is 18.4 Å². The van der Waals surface area contributed by atoms with E-state index >= 15 is 0 Å². The van der Waals surface area contributed by atoms with Crippen LogP contribution in [0, 0.1) is 0 Å². The minimum Gasteiger partial charge on any atom is -0.339 e. The number of nitrogens with two attached hydrogens (primary N) is 1. The zero-order chi connectivity index (χ0) is 17.9. The fourth-order valence-electron chi connectivity index (χ4n) is 3.48. The summed E-state index contributed by atoms with van der Waals surface area (Å²) in [6, 6.07) is 18.1. The predicted molar refractivity (Wildman–Crippen MR) is 102 cm³/mol. The zero-order valence-electron chi connectivity index (χ0n) is 14.4. The molecule has 0 saturated carbocycles. The Hall–Kier alpha value is -2.21. The third kappa shape index (κ3) is 3.80. The highest BCUT2D eigenvalue weighted by Gasteiger charge is 2.31. The predicted octanol–water partition coefficient (Wildman–Crippen LogP) is 3.36. The summed E-state index contributed by atoms with van der Waals surface area (Å²) in [5, 5.41) is 4.76. The Morgan fingerprint density at radius 2 is 1.85 bits per heavy atom. The van der Waals surface area contributed by atoms with Gasteiger partial charge in [0.1, 0.15) is 0 Å². The molecule has 3 aromatic rings. The number of aromatic nitrogens is 2. The molecule has 0 radical (unpaired) electrons. The number of likely N-dealkylation sites (tertiary alicyclic amines) is 1. The van der Waals surface area contributed by atoms with Gasteiger partial charge in [-0.25, -0.2) is 0 Å². The Balaban J connectivity index is 1.36. The van der Waals surface area contributed by atoms with Gasteiger partial charge in [-0.1, -0.05) is 47.1 Å². The van der Waals surface area contributed by atoms with E-state index in [1.54, 1.807) is 0 Å². The molecule has 4 rings (SSSR count). The molecule has 1 fully saturated rings. The molecule has 1 aliphatic heterocycles. The first-order valence-corrected chi connectivity index (χ1v) is 9.18. The Morgan fingerprint density at radius 1 is 1.08 bits per heavy atom. The topological polar surface area (TPSA) is 68.2 Å². The highest BCUT2D eigenvalue weighted by molar-refractivity contribution is 6.30. The van der Waals surface area contributed by atoms with Crippen molar-refractivity contribution >= 4 is 11.6 Å². The summed E-state index contributed by atoms with van der Waals surface area (Å²) in [6.45, 7) is 2.71. The third-order valence-electron chi connectivity index (χ3n) is 4.88. The van der Waals surface area contributed by atoms with E-state index in [0.29, 0.717) is 22.7 Å². The third-order valence-corrected chi connectivity index (χ3v) is 5.13. The maximum atomic E-state index is 6.36. The van der Waals surface area contributed by atoms with Crippen molar-refractivity contribution in [3.8, 4) is 11.4 Å². The molecule has 2 N–H and O–H groups in total. The average molecular weight is 369 g/mol. The minimum absolute atomic E-state index is 0.157. The van der Waals surface area contributed by atoms with E-state index in [1.807, 2.05) is 30.3 Å². The molecule has 26 heavy (non-hydrogen) atoms. The summed E-state index contributed by atoms with van der Waals surface area (Å²) in [7, 11) is 0. The molecule has 2 aromatic carbocycles. The lowest BCUT2D eigenvalue weighted by atomic mass is 9.95. The van der Waals surface area contributed by atoms with E-state index in [9.17, 15) is 0 Å². The fourth-order valence-corrected chi connectivity index (χ4v) is 3.60. The van der Waals surface area contributed by atoms with Crippen LogP contribution in [0.25, 0.3) is 11.4 Å². The van der Waals surface area contributed by atoms with Gasteiger partial charge in [-0.2, -0.15) is 4.98 Å². The normalized spacial score (nSPS) is 20.5. The van der Waals surface area contributed by atoms with Crippen LogP contribution >= 0.6 is 11.6 Å². The van der Waals surface area contributed by atoms with Gasteiger partial charge in [0.05, 0.1) is 0 Å². The summed E-state index contributed by atoms with van der Waals surface area (Å²) < 4.78 is 5.40. The van der Waals surface area contributed by atoms with Crippen molar-refractivity contribution < 1.29 is 4.52 Å². The highest BCUT2D eigenvalue weighted by Crippen LogP contribution is 2.26. The van der Waals surface area contributed by atoms with Crippen molar-refractivity contribution in [2.75, 3.05) is 19.6 Å². The van der Waals surface area contributed by atoms with Crippen LogP contribution in [0.4, 0.5) is 0 Å². The van der Waals surface area contributed by atoms with Gasteiger partial charge in [-0.05, 0) is 29.8 Å². The van der Waals surface area contributed by atoms with Crippen LogP contribution in [-0.2, 0) is 6.42 Å². The Morgan fingerprint density at radius 3 is 2.62 bits per heavy atom. The molecule has 1 aromatic heterocycles. The number of rotatable bonds is 5.